The van der Waals surface area contributed by atoms with Gasteiger partial charge in [0.1, 0.15) is 0 Å². The molecule has 0 saturated carbocycles. The molecule has 0 aliphatic heterocycles. The van der Waals surface area contributed by atoms with Crippen LogP contribution in [-0.2, 0) is 4.79 Å². The zero-order chi connectivity index (χ0) is 14.3. The quantitative estimate of drug-likeness (QED) is 0.748. The molecule has 0 rings (SSSR count). The van der Waals surface area contributed by atoms with E-state index in [-0.39, 0.29) is 19.0 Å². The summed E-state index contributed by atoms with van der Waals surface area (Å²) < 4.78 is 37.8. The van der Waals surface area contributed by atoms with E-state index in [0.29, 0.717) is 13.0 Å². The molecule has 0 saturated heterocycles. The third-order valence-electron chi connectivity index (χ3n) is 2.62. The molecule has 0 aliphatic rings. The van der Waals surface area contributed by atoms with Crippen LogP contribution in [0.15, 0.2) is 0 Å². The van der Waals surface area contributed by atoms with Gasteiger partial charge in [-0.2, -0.15) is 13.2 Å². The minimum absolute atomic E-state index is 0.00653. The standard InChI is InChI=1S/C11H22F3N3O/c1-4-5-17(8-10(18)16(2)3)7-9(6-15)11(12,13)14/h9H,4-8,15H2,1-3H3. The fourth-order valence-corrected chi connectivity index (χ4v) is 1.51. The summed E-state index contributed by atoms with van der Waals surface area (Å²) in [4.78, 5) is 14.4. The van der Waals surface area contributed by atoms with E-state index in [1.807, 2.05) is 6.92 Å². The SMILES string of the molecule is CCCN(CC(=O)N(C)C)CC(CN)C(F)(F)F. The number of halogens is 3. The Labute approximate surface area is 106 Å². The van der Waals surface area contributed by atoms with E-state index in [9.17, 15) is 18.0 Å². The van der Waals surface area contributed by atoms with Crippen molar-refractivity contribution in [3.63, 3.8) is 0 Å². The summed E-state index contributed by atoms with van der Waals surface area (Å²) in [5.41, 5.74) is 5.15. The maximum atomic E-state index is 12.6. The first kappa shape index (κ1) is 17.2. The average molecular weight is 269 g/mol. The first-order valence-electron chi connectivity index (χ1n) is 5.91. The number of likely N-dealkylation sites (N-methyl/N-ethyl adjacent to an activating group) is 1. The molecule has 18 heavy (non-hydrogen) atoms. The number of hydrogen-bond acceptors (Lipinski definition) is 3. The Bertz CT molecular complexity index is 256. The molecule has 4 nitrogen and oxygen atoms in total. The molecule has 0 spiro atoms. The van der Waals surface area contributed by atoms with Gasteiger partial charge < -0.3 is 10.6 Å². The average Bonchev–Trinajstić information content (AvgIpc) is 2.23. The van der Waals surface area contributed by atoms with Gasteiger partial charge in [-0.1, -0.05) is 6.92 Å². The van der Waals surface area contributed by atoms with Crippen molar-refractivity contribution in [3.8, 4) is 0 Å². The Morgan fingerprint density at radius 1 is 1.33 bits per heavy atom. The van der Waals surface area contributed by atoms with Crippen molar-refractivity contribution in [2.45, 2.75) is 19.5 Å². The zero-order valence-corrected chi connectivity index (χ0v) is 11.1. The summed E-state index contributed by atoms with van der Waals surface area (Å²) in [6.45, 7) is 1.62. The molecular formula is C11H22F3N3O. The summed E-state index contributed by atoms with van der Waals surface area (Å²) >= 11 is 0. The predicted octanol–water partition coefficient (Wildman–Crippen LogP) is 0.924. The summed E-state index contributed by atoms with van der Waals surface area (Å²) in [6, 6.07) is 0. The molecule has 2 N–H and O–H groups in total. The van der Waals surface area contributed by atoms with Crippen LogP contribution in [0.2, 0.25) is 0 Å². The fourth-order valence-electron chi connectivity index (χ4n) is 1.51. The van der Waals surface area contributed by atoms with Crippen LogP contribution < -0.4 is 5.73 Å². The third-order valence-corrected chi connectivity index (χ3v) is 2.62. The monoisotopic (exact) mass is 269 g/mol. The molecule has 0 aromatic heterocycles. The second kappa shape index (κ2) is 7.58. The number of alkyl halides is 3. The van der Waals surface area contributed by atoms with Crippen molar-refractivity contribution in [1.82, 2.24) is 9.80 Å². The van der Waals surface area contributed by atoms with Crippen LogP contribution in [0, 0.1) is 5.92 Å². The minimum Gasteiger partial charge on any atom is -0.348 e. The largest absolute Gasteiger partial charge is 0.394 e. The Kier molecular flexibility index (Phi) is 7.23. The molecule has 0 heterocycles. The highest BCUT2D eigenvalue weighted by Gasteiger charge is 2.39. The van der Waals surface area contributed by atoms with Crippen molar-refractivity contribution in [3.05, 3.63) is 0 Å². The van der Waals surface area contributed by atoms with Gasteiger partial charge in [0.2, 0.25) is 5.91 Å². The van der Waals surface area contributed by atoms with Crippen molar-refractivity contribution >= 4 is 5.91 Å². The van der Waals surface area contributed by atoms with E-state index in [4.69, 9.17) is 5.73 Å². The van der Waals surface area contributed by atoms with Crippen molar-refractivity contribution in [2.24, 2.45) is 11.7 Å². The Morgan fingerprint density at radius 2 is 1.89 bits per heavy atom. The van der Waals surface area contributed by atoms with Gasteiger partial charge in [0, 0.05) is 27.2 Å². The summed E-state index contributed by atoms with van der Waals surface area (Å²) in [5.74, 6) is -1.79. The lowest BCUT2D eigenvalue weighted by atomic mass is 10.1. The van der Waals surface area contributed by atoms with Gasteiger partial charge in [-0.05, 0) is 13.0 Å². The number of nitrogens with two attached hydrogens (primary N) is 1. The highest BCUT2D eigenvalue weighted by Crippen LogP contribution is 2.26. The molecular weight excluding hydrogens is 247 g/mol. The highest BCUT2D eigenvalue weighted by molar-refractivity contribution is 5.77. The van der Waals surface area contributed by atoms with Gasteiger partial charge in [-0.25, -0.2) is 0 Å². The second-order valence-electron chi connectivity index (χ2n) is 4.50. The number of carbonyl (C=O) groups excluding carboxylic acids is 1. The maximum Gasteiger partial charge on any atom is 0.394 e. The van der Waals surface area contributed by atoms with Gasteiger partial charge in [-0.3, -0.25) is 9.69 Å². The van der Waals surface area contributed by atoms with Crippen LogP contribution in [0.3, 0.4) is 0 Å². The van der Waals surface area contributed by atoms with Gasteiger partial charge in [0.05, 0.1) is 12.5 Å². The molecule has 108 valence electrons. The van der Waals surface area contributed by atoms with E-state index < -0.39 is 18.6 Å². The van der Waals surface area contributed by atoms with Crippen molar-refractivity contribution < 1.29 is 18.0 Å². The van der Waals surface area contributed by atoms with E-state index in [2.05, 4.69) is 0 Å². The molecule has 1 amide bonds. The first-order chi connectivity index (χ1) is 8.22. The fraction of sp³-hybridized carbons (Fsp3) is 0.909. The van der Waals surface area contributed by atoms with Crippen molar-refractivity contribution in [2.75, 3.05) is 40.3 Å². The van der Waals surface area contributed by atoms with Gasteiger partial charge in [-0.15, -0.1) is 0 Å². The third kappa shape index (κ3) is 6.20. The molecule has 0 radical (unpaired) electrons. The second-order valence-corrected chi connectivity index (χ2v) is 4.50. The lowest BCUT2D eigenvalue weighted by molar-refractivity contribution is -0.177. The van der Waals surface area contributed by atoms with Crippen molar-refractivity contribution in [1.29, 1.82) is 0 Å². The van der Waals surface area contributed by atoms with Crippen LogP contribution in [-0.4, -0.2) is 62.2 Å². The Hall–Kier alpha value is -0.820. The predicted molar refractivity (Wildman–Crippen MR) is 64.0 cm³/mol. The lowest BCUT2D eigenvalue weighted by Gasteiger charge is -2.28. The summed E-state index contributed by atoms with van der Waals surface area (Å²) in [7, 11) is 3.16. The number of amides is 1. The number of rotatable bonds is 7. The molecule has 0 fully saturated rings. The molecule has 1 atom stereocenters. The Balaban J connectivity index is 4.55. The molecule has 0 aliphatic carbocycles. The summed E-state index contributed by atoms with van der Waals surface area (Å²) in [5, 5.41) is 0. The van der Waals surface area contributed by atoms with Gasteiger partial charge >= 0.3 is 6.18 Å². The smallest absolute Gasteiger partial charge is 0.348 e. The van der Waals surface area contributed by atoms with Gasteiger partial charge in [0.25, 0.3) is 0 Å². The van der Waals surface area contributed by atoms with E-state index in [1.165, 1.54) is 9.80 Å². The number of carbonyl (C=O) groups is 1. The highest BCUT2D eigenvalue weighted by atomic mass is 19.4. The van der Waals surface area contributed by atoms with Crippen LogP contribution in [0.25, 0.3) is 0 Å². The van der Waals surface area contributed by atoms with Crippen LogP contribution in [0.5, 0.6) is 0 Å². The molecule has 0 bridgehead atoms. The molecule has 0 aromatic carbocycles. The molecule has 7 heteroatoms. The maximum absolute atomic E-state index is 12.6. The van der Waals surface area contributed by atoms with Gasteiger partial charge in [0.15, 0.2) is 0 Å². The summed E-state index contributed by atoms with van der Waals surface area (Å²) in [6.07, 6.45) is -3.63. The molecule has 1 unspecified atom stereocenters. The van der Waals surface area contributed by atoms with E-state index in [1.54, 1.807) is 14.1 Å². The van der Waals surface area contributed by atoms with Crippen LogP contribution in [0.4, 0.5) is 13.2 Å². The Morgan fingerprint density at radius 3 is 2.22 bits per heavy atom. The normalized spacial score (nSPS) is 13.8. The number of nitrogens with zero attached hydrogens (tertiary/aromatic N) is 2. The van der Waals surface area contributed by atoms with Crippen LogP contribution in [0.1, 0.15) is 13.3 Å². The van der Waals surface area contributed by atoms with E-state index in [0.717, 1.165) is 0 Å². The number of hydrogen-bond donors (Lipinski definition) is 1. The van der Waals surface area contributed by atoms with E-state index >= 15 is 0 Å². The minimum atomic E-state index is -4.32. The first-order valence-corrected chi connectivity index (χ1v) is 5.91. The van der Waals surface area contributed by atoms with Crippen LogP contribution >= 0.6 is 0 Å². The lowest BCUT2D eigenvalue weighted by Crippen LogP contribution is -2.44. The topological polar surface area (TPSA) is 49.6 Å². The zero-order valence-electron chi connectivity index (χ0n) is 11.1. The molecule has 0 aromatic rings.